The summed E-state index contributed by atoms with van der Waals surface area (Å²) in [4.78, 5) is 19.1. The minimum absolute atomic E-state index is 0.000358. The number of aliphatic hydroxyl groups excluding tert-OH is 1. The first-order chi connectivity index (χ1) is 10.1. The third-order valence-corrected chi connectivity index (χ3v) is 4.85. The molecule has 0 saturated carbocycles. The van der Waals surface area contributed by atoms with Crippen LogP contribution in [0.2, 0.25) is 5.02 Å². The van der Waals surface area contributed by atoms with E-state index in [2.05, 4.69) is 4.98 Å². The Balaban J connectivity index is 1.75. The normalized spacial score (nSPS) is 16.2. The molecular formula is C15H15ClN2O2S. The van der Waals surface area contributed by atoms with E-state index in [4.69, 9.17) is 11.6 Å². The summed E-state index contributed by atoms with van der Waals surface area (Å²) in [5.74, 6) is -0.000358. The highest BCUT2D eigenvalue weighted by Crippen LogP contribution is 2.27. The maximum Gasteiger partial charge on any atom is 0.265 e. The number of nitrogens with zero attached hydrogens (tertiary/aromatic N) is 2. The summed E-state index contributed by atoms with van der Waals surface area (Å²) in [7, 11) is 0. The minimum Gasteiger partial charge on any atom is -0.393 e. The molecule has 1 fully saturated rings. The number of rotatable bonds is 2. The van der Waals surface area contributed by atoms with Gasteiger partial charge < -0.3 is 10.0 Å². The summed E-state index contributed by atoms with van der Waals surface area (Å²) in [5, 5.41) is 11.0. The second kappa shape index (κ2) is 6.13. The van der Waals surface area contributed by atoms with Gasteiger partial charge in [0.05, 0.1) is 12.3 Å². The molecule has 2 heterocycles. The monoisotopic (exact) mass is 322 g/mol. The zero-order chi connectivity index (χ0) is 14.8. The molecule has 2 aromatic rings. The van der Waals surface area contributed by atoms with E-state index in [-0.39, 0.29) is 12.0 Å². The van der Waals surface area contributed by atoms with Crippen LogP contribution in [0.3, 0.4) is 0 Å². The van der Waals surface area contributed by atoms with Crippen LogP contribution >= 0.6 is 22.9 Å². The second-order valence-corrected chi connectivity index (χ2v) is 6.53. The van der Waals surface area contributed by atoms with Gasteiger partial charge in [-0.2, -0.15) is 0 Å². The molecule has 0 spiro atoms. The number of aromatic nitrogens is 1. The minimum atomic E-state index is -0.278. The van der Waals surface area contributed by atoms with Crippen LogP contribution in [0.4, 0.5) is 0 Å². The third-order valence-electron chi connectivity index (χ3n) is 3.56. The Morgan fingerprint density at radius 1 is 1.29 bits per heavy atom. The summed E-state index contributed by atoms with van der Waals surface area (Å²) >= 11 is 7.26. The van der Waals surface area contributed by atoms with E-state index in [9.17, 15) is 9.90 Å². The van der Waals surface area contributed by atoms with Gasteiger partial charge in [0.2, 0.25) is 0 Å². The van der Waals surface area contributed by atoms with Crippen LogP contribution in [-0.4, -0.2) is 40.1 Å². The first kappa shape index (κ1) is 14.5. The van der Waals surface area contributed by atoms with Gasteiger partial charge in [0.15, 0.2) is 0 Å². The van der Waals surface area contributed by atoms with E-state index in [0.29, 0.717) is 35.8 Å². The molecule has 3 rings (SSSR count). The van der Waals surface area contributed by atoms with Gasteiger partial charge in [-0.1, -0.05) is 23.7 Å². The lowest BCUT2D eigenvalue weighted by atomic mass is 10.1. The van der Waals surface area contributed by atoms with E-state index in [1.807, 2.05) is 24.3 Å². The number of hydrogen-bond acceptors (Lipinski definition) is 4. The number of likely N-dealkylation sites (tertiary alicyclic amines) is 1. The molecule has 1 saturated heterocycles. The first-order valence-electron chi connectivity index (χ1n) is 6.82. The Kier molecular flexibility index (Phi) is 4.24. The Bertz CT molecular complexity index is 633. The van der Waals surface area contributed by atoms with Crippen LogP contribution < -0.4 is 0 Å². The van der Waals surface area contributed by atoms with Crippen LogP contribution in [0, 0.1) is 0 Å². The highest BCUT2D eigenvalue weighted by atomic mass is 35.5. The van der Waals surface area contributed by atoms with Gasteiger partial charge in [-0.05, 0) is 25.0 Å². The molecule has 0 aliphatic carbocycles. The van der Waals surface area contributed by atoms with Crippen LogP contribution in [0.15, 0.2) is 30.5 Å². The molecular weight excluding hydrogens is 308 g/mol. The molecule has 0 radical (unpaired) electrons. The summed E-state index contributed by atoms with van der Waals surface area (Å²) in [6, 6.07) is 7.41. The van der Waals surface area contributed by atoms with E-state index < -0.39 is 0 Å². The van der Waals surface area contributed by atoms with Gasteiger partial charge in [0.1, 0.15) is 9.88 Å². The van der Waals surface area contributed by atoms with E-state index in [0.717, 1.165) is 10.6 Å². The van der Waals surface area contributed by atoms with Gasteiger partial charge in [-0.25, -0.2) is 4.98 Å². The number of benzene rings is 1. The SMILES string of the molecule is O=C(c1cnc(-c2ccc(Cl)cc2)s1)N1CCC(O)CC1. The Morgan fingerprint density at radius 2 is 1.95 bits per heavy atom. The fourth-order valence-corrected chi connectivity index (χ4v) is 3.34. The summed E-state index contributed by atoms with van der Waals surface area (Å²) in [5.41, 5.74) is 0.956. The van der Waals surface area contributed by atoms with Crippen LogP contribution in [0.1, 0.15) is 22.5 Å². The molecule has 1 aliphatic rings. The highest BCUT2D eigenvalue weighted by Gasteiger charge is 2.23. The smallest absolute Gasteiger partial charge is 0.265 e. The van der Waals surface area contributed by atoms with Crippen molar-refractivity contribution < 1.29 is 9.90 Å². The summed E-state index contributed by atoms with van der Waals surface area (Å²) in [6.45, 7) is 1.21. The molecule has 6 heteroatoms. The molecule has 4 nitrogen and oxygen atoms in total. The van der Waals surface area contributed by atoms with Crippen molar-refractivity contribution in [2.24, 2.45) is 0 Å². The van der Waals surface area contributed by atoms with Crippen molar-refractivity contribution in [3.8, 4) is 10.6 Å². The predicted molar refractivity (Wildman–Crippen MR) is 83.7 cm³/mol. The molecule has 1 N–H and O–H groups in total. The number of amides is 1. The fraction of sp³-hybridized carbons (Fsp3) is 0.333. The number of halogens is 1. The maximum atomic E-state index is 12.4. The number of carbonyl (C=O) groups is 1. The van der Waals surface area contributed by atoms with Crippen molar-refractivity contribution in [1.29, 1.82) is 0 Å². The number of piperidine rings is 1. The first-order valence-corrected chi connectivity index (χ1v) is 8.02. The number of carbonyl (C=O) groups excluding carboxylic acids is 1. The van der Waals surface area contributed by atoms with E-state index >= 15 is 0 Å². The Labute approximate surface area is 132 Å². The number of thiazole rings is 1. The number of hydrogen-bond donors (Lipinski definition) is 1. The van der Waals surface area contributed by atoms with E-state index in [1.165, 1.54) is 11.3 Å². The molecule has 1 amide bonds. The fourth-order valence-electron chi connectivity index (χ4n) is 2.32. The predicted octanol–water partition coefficient (Wildman–Crippen LogP) is 3.06. The van der Waals surface area contributed by atoms with Crippen LogP contribution in [0.25, 0.3) is 10.6 Å². The molecule has 21 heavy (non-hydrogen) atoms. The van der Waals surface area contributed by atoms with Gasteiger partial charge in [0, 0.05) is 23.7 Å². The van der Waals surface area contributed by atoms with Crippen molar-refractivity contribution in [3.05, 3.63) is 40.4 Å². The lowest BCUT2D eigenvalue weighted by molar-refractivity contribution is 0.0550. The lowest BCUT2D eigenvalue weighted by Crippen LogP contribution is -2.39. The lowest BCUT2D eigenvalue weighted by Gasteiger charge is -2.29. The Hall–Kier alpha value is -1.43. The average molecular weight is 323 g/mol. The molecule has 1 aromatic heterocycles. The zero-order valence-electron chi connectivity index (χ0n) is 11.3. The maximum absolute atomic E-state index is 12.4. The van der Waals surface area contributed by atoms with Gasteiger partial charge in [-0.3, -0.25) is 4.79 Å². The molecule has 0 atom stereocenters. The molecule has 0 bridgehead atoms. The topological polar surface area (TPSA) is 53.4 Å². The standard InChI is InChI=1S/C15H15ClN2O2S/c16-11-3-1-10(2-4-11)14-17-9-13(21-14)15(20)18-7-5-12(19)6-8-18/h1-4,9,12,19H,5-8H2. The zero-order valence-corrected chi connectivity index (χ0v) is 12.9. The number of aliphatic hydroxyl groups is 1. The molecule has 1 aliphatic heterocycles. The van der Waals surface area contributed by atoms with Gasteiger partial charge >= 0.3 is 0 Å². The largest absolute Gasteiger partial charge is 0.393 e. The van der Waals surface area contributed by atoms with E-state index in [1.54, 1.807) is 11.1 Å². The second-order valence-electron chi connectivity index (χ2n) is 5.06. The Morgan fingerprint density at radius 3 is 2.62 bits per heavy atom. The quantitative estimate of drug-likeness (QED) is 0.924. The van der Waals surface area contributed by atoms with Gasteiger partial charge in [0.25, 0.3) is 5.91 Å². The average Bonchev–Trinajstić information content (AvgIpc) is 2.98. The van der Waals surface area contributed by atoms with Crippen LogP contribution in [0.5, 0.6) is 0 Å². The third kappa shape index (κ3) is 3.26. The summed E-state index contributed by atoms with van der Waals surface area (Å²) < 4.78 is 0. The van der Waals surface area contributed by atoms with Crippen LogP contribution in [-0.2, 0) is 0 Å². The van der Waals surface area contributed by atoms with Crippen molar-refractivity contribution in [3.63, 3.8) is 0 Å². The van der Waals surface area contributed by atoms with Crippen molar-refractivity contribution >= 4 is 28.8 Å². The molecule has 110 valence electrons. The van der Waals surface area contributed by atoms with Crippen molar-refractivity contribution in [2.75, 3.05) is 13.1 Å². The van der Waals surface area contributed by atoms with Gasteiger partial charge in [-0.15, -0.1) is 11.3 Å². The summed E-state index contributed by atoms with van der Waals surface area (Å²) in [6.07, 6.45) is 2.64. The van der Waals surface area contributed by atoms with Crippen molar-refractivity contribution in [1.82, 2.24) is 9.88 Å². The molecule has 1 aromatic carbocycles. The highest BCUT2D eigenvalue weighted by molar-refractivity contribution is 7.16. The van der Waals surface area contributed by atoms with Crippen molar-refractivity contribution in [2.45, 2.75) is 18.9 Å². The molecule has 0 unspecified atom stereocenters.